The van der Waals surface area contributed by atoms with Crippen LogP contribution in [0.4, 0.5) is 5.69 Å². The van der Waals surface area contributed by atoms with E-state index in [0.717, 1.165) is 26.3 Å². The average molecular weight is 631 g/mol. The van der Waals surface area contributed by atoms with E-state index in [1.54, 1.807) is 50.2 Å². The number of benzene rings is 3. The molecule has 0 bridgehead atoms. The highest BCUT2D eigenvalue weighted by Crippen LogP contribution is 2.33. The molecule has 0 aromatic heterocycles. The van der Waals surface area contributed by atoms with Crippen molar-refractivity contribution in [3.63, 3.8) is 0 Å². The predicted molar refractivity (Wildman–Crippen MR) is 161 cm³/mol. The van der Waals surface area contributed by atoms with Gasteiger partial charge in [-0.1, -0.05) is 64.8 Å². The summed E-state index contributed by atoms with van der Waals surface area (Å²) in [6.07, 6.45) is 0.745. The van der Waals surface area contributed by atoms with Gasteiger partial charge < -0.3 is 15.0 Å². The minimum absolute atomic E-state index is 0.0458. The molecule has 3 aromatic rings. The first-order valence-electron chi connectivity index (χ1n) is 13.2. The van der Waals surface area contributed by atoms with Crippen LogP contribution in [0, 0.1) is 6.92 Å². The molecule has 3 aromatic carbocycles. The van der Waals surface area contributed by atoms with Crippen molar-refractivity contribution < 1.29 is 22.7 Å². The molecule has 0 spiro atoms. The molecule has 0 heterocycles. The number of anilines is 1. The van der Waals surface area contributed by atoms with Crippen molar-refractivity contribution >= 4 is 43.5 Å². The molecule has 0 fully saturated rings. The van der Waals surface area contributed by atoms with Crippen molar-refractivity contribution in [2.75, 3.05) is 24.0 Å². The fraction of sp³-hybridized carbons (Fsp3) is 0.333. The molecule has 1 unspecified atom stereocenters. The molecule has 1 N–H and O–H groups in total. The molecule has 2 amide bonds. The van der Waals surface area contributed by atoms with Crippen LogP contribution >= 0.6 is 15.9 Å². The Balaban J connectivity index is 2.07. The van der Waals surface area contributed by atoms with Crippen molar-refractivity contribution in [1.29, 1.82) is 0 Å². The normalized spacial score (nSPS) is 11.9. The number of halogens is 1. The first kappa shape index (κ1) is 31.2. The highest BCUT2D eigenvalue weighted by atomic mass is 79.9. The van der Waals surface area contributed by atoms with Crippen LogP contribution in [0.2, 0.25) is 0 Å². The van der Waals surface area contributed by atoms with E-state index in [0.29, 0.717) is 18.9 Å². The minimum Gasteiger partial charge on any atom is -0.492 e. The molecule has 8 nitrogen and oxygen atoms in total. The maximum absolute atomic E-state index is 14.0. The van der Waals surface area contributed by atoms with E-state index >= 15 is 0 Å². The SMILES string of the molecule is CCCNC(=O)C(C)N(Cc1cccc(Br)c1)C(=O)CN(c1ccccc1OCC)S(=O)(=O)c1ccc(C)cc1. The molecular weight excluding hydrogens is 594 g/mol. The number of nitrogens with zero attached hydrogens (tertiary/aromatic N) is 2. The van der Waals surface area contributed by atoms with Gasteiger partial charge in [0.2, 0.25) is 11.8 Å². The van der Waals surface area contributed by atoms with Crippen molar-refractivity contribution in [1.82, 2.24) is 10.2 Å². The lowest BCUT2D eigenvalue weighted by Crippen LogP contribution is -2.51. The quantitative estimate of drug-likeness (QED) is 0.277. The summed E-state index contributed by atoms with van der Waals surface area (Å²) >= 11 is 3.46. The lowest BCUT2D eigenvalue weighted by molar-refractivity contribution is -0.139. The summed E-state index contributed by atoms with van der Waals surface area (Å²) in [6.45, 7) is 7.63. The van der Waals surface area contributed by atoms with Crippen LogP contribution in [0.15, 0.2) is 82.2 Å². The van der Waals surface area contributed by atoms with Crippen LogP contribution in [-0.4, -0.2) is 50.9 Å². The summed E-state index contributed by atoms with van der Waals surface area (Å²) in [7, 11) is -4.18. The second-order valence-electron chi connectivity index (χ2n) is 9.34. The van der Waals surface area contributed by atoms with E-state index in [1.165, 1.54) is 17.0 Å². The van der Waals surface area contributed by atoms with Gasteiger partial charge in [0.1, 0.15) is 18.3 Å². The molecule has 3 rings (SSSR count). The number of hydrogen-bond acceptors (Lipinski definition) is 5. The first-order chi connectivity index (χ1) is 19.1. The number of sulfonamides is 1. The van der Waals surface area contributed by atoms with Gasteiger partial charge in [-0.3, -0.25) is 13.9 Å². The van der Waals surface area contributed by atoms with Gasteiger partial charge in [-0.2, -0.15) is 0 Å². The lowest BCUT2D eigenvalue weighted by Gasteiger charge is -2.32. The molecule has 0 saturated heterocycles. The standard InChI is InChI=1S/C30H36BrN3O5S/c1-5-18-32-30(36)23(4)33(20-24-10-9-11-25(31)19-24)29(35)21-34(27-12-7-8-13-28(27)39-6-2)40(37,38)26-16-14-22(3)15-17-26/h7-17,19,23H,5-6,18,20-21H2,1-4H3,(H,32,36). The number of para-hydroxylation sites is 2. The molecular formula is C30H36BrN3O5S. The van der Waals surface area contributed by atoms with E-state index in [2.05, 4.69) is 21.2 Å². The van der Waals surface area contributed by atoms with E-state index in [1.807, 2.05) is 38.1 Å². The molecule has 40 heavy (non-hydrogen) atoms. The Kier molecular flexibility index (Phi) is 11.2. The van der Waals surface area contributed by atoms with Gasteiger partial charge in [0.25, 0.3) is 10.0 Å². The fourth-order valence-corrected chi connectivity index (χ4v) is 5.97. The predicted octanol–water partition coefficient (Wildman–Crippen LogP) is 5.30. The van der Waals surface area contributed by atoms with Crippen LogP contribution in [0.3, 0.4) is 0 Å². The number of nitrogens with one attached hydrogen (secondary N) is 1. The Bertz CT molecular complexity index is 1410. The number of carbonyl (C=O) groups excluding carboxylic acids is 2. The zero-order valence-electron chi connectivity index (χ0n) is 23.3. The zero-order valence-corrected chi connectivity index (χ0v) is 25.7. The number of ether oxygens (including phenoxy) is 1. The lowest BCUT2D eigenvalue weighted by atomic mass is 10.1. The third-order valence-electron chi connectivity index (χ3n) is 6.28. The van der Waals surface area contributed by atoms with Crippen LogP contribution in [-0.2, 0) is 26.2 Å². The number of rotatable bonds is 13. The molecule has 0 aliphatic rings. The van der Waals surface area contributed by atoms with Gasteiger partial charge >= 0.3 is 0 Å². The topological polar surface area (TPSA) is 96.0 Å². The third kappa shape index (κ3) is 7.85. The number of amides is 2. The van der Waals surface area contributed by atoms with Crippen molar-refractivity contribution in [3.8, 4) is 5.75 Å². The van der Waals surface area contributed by atoms with Gasteiger partial charge in [0.05, 0.1) is 17.2 Å². The maximum Gasteiger partial charge on any atom is 0.264 e. The summed E-state index contributed by atoms with van der Waals surface area (Å²) in [5.41, 5.74) is 1.94. The fourth-order valence-electron chi connectivity index (χ4n) is 4.10. The smallest absolute Gasteiger partial charge is 0.264 e. The minimum atomic E-state index is -4.18. The second-order valence-corrected chi connectivity index (χ2v) is 12.1. The Labute approximate surface area is 245 Å². The number of hydrogen-bond donors (Lipinski definition) is 1. The van der Waals surface area contributed by atoms with Gasteiger partial charge in [-0.05, 0) is 69.2 Å². The van der Waals surface area contributed by atoms with Crippen molar-refractivity contribution in [2.45, 2.75) is 51.6 Å². The van der Waals surface area contributed by atoms with Crippen LogP contribution in [0.1, 0.15) is 38.3 Å². The molecule has 10 heteroatoms. The van der Waals surface area contributed by atoms with E-state index in [-0.39, 0.29) is 23.0 Å². The molecule has 0 radical (unpaired) electrons. The van der Waals surface area contributed by atoms with Crippen molar-refractivity contribution in [2.24, 2.45) is 0 Å². The Morgan fingerprint density at radius 2 is 1.70 bits per heavy atom. The average Bonchev–Trinajstić information content (AvgIpc) is 2.93. The number of carbonyl (C=O) groups is 2. The molecule has 0 aliphatic heterocycles. The summed E-state index contributed by atoms with van der Waals surface area (Å²) in [5.74, 6) is -0.505. The zero-order chi connectivity index (χ0) is 29.3. The van der Waals surface area contributed by atoms with E-state index < -0.39 is 28.5 Å². The van der Waals surface area contributed by atoms with Crippen LogP contribution < -0.4 is 14.4 Å². The molecule has 0 saturated carbocycles. The van der Waals surface area contributed by atoms with Crippen molar-refractivity contribution in [3.05, 3.63) is 88.4 Å². The largest absolute Gasteiger partial charge is 0.492 e. The Morgan fingerprint density at radius 1 is 1.00 bits per heavy atom. The highest BCUT2D eigenvalue weighted by Gasteiger charge is 2.33. The maximum atomic E-state index is 14.0. The summed E-state index contributed by atoms with van der Waals surface area (Å²) in [6, 6.07) is 19.8. The summed E-state index contributed by atoms with van der Waals surface area (Å²) in [5, 5.41) is 2.84. The Hall–Kier alpha value is -3.37. The van der Waals surface area contributed by atoms with Gasteiger partial charge in [0, 0.05) is 17.6 Å². The van der Waals surface area contributed by atoms with Gasteiger partial charge in [-0.25, -0.2) is 8.42 Å². The monoisotopic (exact) mass is 629 g/mol. The highest BCUT2D eigenvalue weighted by molar-refractivity contribution is 9.10. The Morgan fingerprint density at radius 3 is 2.35 bits per heavy atom. The van der Waals surface area contributed by atoms with E-state index in [4.69, 9.17) is 4.74 Å². The molecule has 1 atom stereocenters. The van der Waals surface area contributed by atoms with Gasteiger partial charge in [0.15, 0.2) is 0 Å². The third-order valence-corrected chi connectivity index (χ3v) is 8.55. The molecule has 0 aliphatic carbocycles. The van der Waals surface area contributed by atoms with Crippen LogP contribution in [0.25, 0.3) is 0 Å². The summed E-state index contributed by atoms with van der Waals surface area (Å²) < 4.78 is 35.7. The van der Waals surface area contributed by atoms with Gasteiger partial charge in [-0.15, -0.1) is 0 Å². The number of aryl methyl sites for hydroxylation is 1. The van der Waals surface area contributed by atoms with E-state index in [9.17, 15) is 18.0 Å². The summed E-state index contributed by atoms with van der Waals surface area (Å²) in [4.78, 5) is 28.5. The molecule has 214 valence electrons. The first-order valence-corrected chi connectivity index (χ1v) is 15.4. The second kappa shape index (κ2) is 14.3. The van der Waals surface area contributed by atoms with Crippen LogP contribution in [0.5, 0.6) is 5.75 Å².